The highest BCUT2D eigenvalue weighted by molar-refractivity contribution is 5.32. The molecule has 0 saturated heterocycles. The first-order valence-electron chi connectivity index (χ1n) is 5.31. The molecule has 2 rings (SSSR count). The topological polar surface area (TPSA) is 58.9 Å². The Morgan fingerprint density at radius 1 is 0.722 bits per heavy atom. The van der Waals surface area contributed by atoms with Crippen molar-refractivity contribution >= 4 is 0 Å². The number of benzene rings is 2. The molecule has 0 spiro atoms. The van der Waals surface area contributed by atoms with Gasteiger partial charge in [-0.1, -0.05) is 12.1 Å². The van der Waals surface area contributed by atoms with Crippen LogP contribution in [0.25, 0.3) is 0 Å². The minimum atomic E-state index is 0.0880. The lowest BCUT2D eigenvalue weighted by atomic mass is 10.3. The highest BCUT2D eigenvalue weighted by Crippen LogP contribution is 2.17. The molecule has 0 aromatic heterocycles. The molecule has 0 radical (unpaired) electrons. The summed E-state index contributed by atoms with van der Waals surface area (Å²) in [6.07, 6.45) is 0. The van der Waals surface area contributed by atoms with Crippen LogP contribution in [-0.2, 0) is 0 Å². The van der Waals surface area contributed by atoms with Crippen LogP contribution in [0.4, 0.5) is 0 Å². The number of methoxy groups -OCH3 is 2. The number of aromatic hydroxyl groups is 2. The van der Waals surface area contributed by atoms with E-state index >= 15 is 0 Å². The number of phenolic OH excluding ortho intramolecular Hbond substituents is 2. The maximum absolute atomic E-state index is 8.65. The Morgan fingerprint density at radius 3 is 1.50 bits per heavy atom. The minimum absolute atomic E-state index is 0.0880. The van der Waals surface area contributed by atoms with Gasteiger partial charge in [-0.25, -0.2) is 0 Å². The number of hydrogen-bond acceptors (Lipinski definition) is 4. The smallest absolute Gasteiger partial charge is 0.122 e. The molecule has 0 aliphatic rings. The summed E-state index contributed by atoms with van der Waals surface area (Å²) >= 11 is 0. The van der Waals surface area contributed by atoms with E-state index in [9.17, 15) is 0 Å². The second-order valence-corrected chi connectivity index (χ2v) is 3.40. The lowest BCUT2D eigenvalue weighted by Gasteiger charge is -2.01. The summed E-state index contributed by atoms with van der Waals surface area (Å²) in [6.45, 7) is 0. The molecule has 18 heavy (non-hydrogen) atoms. The predicted molar refractivity (Wildman–Crippen MR) is 69.3 cm³/mol. The highest BCUT2D eigenvalue weighted by Gasteiger charge is 1.91. The van der Waals surface area contributed by atoms with Crippen LogP contribution >= 0.6 is 0 Å². The van der Waals surface area contributed by atoms with Gasteiger partial charge in [-0.05, 0) is 24.3 Å². The van der Waals surface area contributed by atoms with Crippen LogP contribution < -0.4 is 9.47 Å². The molecule has 2 aromatic rings. The Kier molecular flexibility index (Phi) is 5.38. The van der Waals surface area contributed by atoms with E-state index in [4.69, 9.17) is 19.7 Å². The first-order valence-corrected chi connectivity index (χ1v) is 5.31. The first kappa shape index (κ1) is 13.7. The van der Waals surface area contributed by atoms with E-state index in [1.165, 1.54) is 18.2 Å². The molecule has 4 heteroatoms. The summed E-state index contributed by atoms with van der Waals surface area (Å²) in [5, 5.41) is 17.3. The van der Waals surface area contributed by atoms with Crippen LogP contribution in [0.15, 0.2) is 48.5 Å². The molecule has 0 fully saturated rings. The summed E-state index contributed by atoms with van der Waals surface area (Å²) in [6, 6.07) is 13.3. The molecular weight excluding hydrogens is 232 g/mol. The predicted octanol–water partition coefficient (Wildman–Crippen LogP) is 2.80. The average molecular weight is 248 g/mol. The third-order valence-electron chi connectivity index (χ3n) is 2.11. The summed E-state index contributed by atoms with van der Waals surface area (Å²) in [7, 11) is 3.27. The van der Waals surface area contributed by atoms with Crippen LogP contribution in [0.3, 0.4) is 0 Å². The molecule has 96 valence electrons. The van der Waals surface area contributed by atoms with Crippen LogP contribution in [-0.4, -0.2) is 24.4 Å². The molecule has 0 atom stereocenters. The molecule has 0 aliphatic carbocycles. The third-order valence-corrected chi connectivity index (χ3v) is 2.11. The summed E-state index contributed by atoms with van der Waals surface area (Å²) < 4.78 is 9.95. The van der Waals surface area contributed by atoms with Gasteiger partial charge < -0.3 is 19.7 Å². The third kappa shape index (κ3) is 4.65. The van der Waals surface area contributed by atoms with Gasteiger partial charge in [0.2, 0.25) is 0 Å². The molecule has 0 amide bonds. The summed E-state index contributed by atoms with van der Waals surface area (Å²) in [4.78, 5) is 0. The molecule has 0 heterocycles. The van der Waals surface area contributed by atoms with E-state index < -0.39 is 0 Å². The maximum Gasteiger partial charge on any atom is 0.122 e. The van der Waals surface area contributed by atoms with Crippen molar-refractivity contribution in [1.82, 2.24) is 0 Å². The highest BCUT2D eigenvalue weighted by atomic mass is 16.5. The van der Waals surface area contributed by atoms with Gasteiger partial charge in [-0.3, -0.25) is 0 Å². The lowest BCUT2D eigenvalue weighted by Crippen LogP contribution is -1.84. The molecule has 0 saturated carbocycles. The Morgan fingerprint density at radius 2 is 1.17 bits per heavy atom. The first-order chi connectivity index (χ1) is 8.65. The van der Waals surface area contributed by atoms with Gasteiger partial charge in [-0.2, -0.15) is 0 Å². The zero-order valence-electron chi connectivity index (χ0n) is 10.3. The number of phenols is 2. The molecular formula is C14H16O4. The van der Waals surface area contributed by atoms with Crippen molar-refractivity contribution in [2.24, 2.45) is 0 Å². The standard InChI is InChI=1S/C8H10O2.C6H6O2/c1-9-7-4-3-5-8(6-7)10-2;7-5-2-1-3-6(8)4-5/h3-6H,1-2H3;1-4,7-8H. The van der Waals surface area contributed by atoms with Crippen molar-refractivity contribution in [3.8, 4) is 23.0 Å². The quantitative estimate of drug-likeness (QED) is 0.858. The van der Waals surface area contributed by atoms with Gasteiger partial charge in [0.05, 0.1) is 14.2 Å². The van der Waals surface area contributed by atoms with Crippen molar-refractivity contribution in [3.63, 3.8) is 0 Å². The SMILES string of the molecule is COc1cccc(OC)c1.Oc1cccc(O)c1. The number of hydrogen-bond donors (Lipinski definition) is 2. The average Bonchev–Trinajstić information content (AvgIpc) is 2.39. The minimum Gasteiger partial charge on any atom is -0.508 e. The largest absolute Gasteiger partial charge is 0.508 e. The zero-order valence-corrected chi connectivity index (χ0v) is 10.3. The van der Waals surface area contributed by atoms with Gasteiger partial charge in [0.15, 0.2) is 0 Å². The fourth-order valence-corrected chi connectivity index (χ4v) is 1.22. The van der Waals surface area contributed by atoms with Crippen molar-refractivity contribution in [2.45, 2.75) is 0 Å². The van der Waals surface area contributed by atoms with E-state index in [1.807, 2.05) is 24.3 Å². The Bertz CT molecular complexity index is 446. The van der Waals surface area contributed by atoms with E-state index in [-0.39, 0.29) is 11.5 Å². The molecule has 0 unspecified atom stereocenters. The van der Waals surface area contributed by atoms with Gasteiger partial charge >= 0.3 is 0 Å². The zero-order chi connectivity index (χ0) is 13.4. The van der Waals surface area contributed by atoms with E-state index in [0.717, 1.165) is 11.5 Å². The van der Waals surface area contributed by atoms with Gasteiger partial charge in [0.1, 0.15) is 23.0 Å². The summed E-state index contributed by atoms with van der Waals surface area (Å²) in [5.41, 5.74) is 0. The lowest BCUT2D eigenvalue weighted by molar-refractivity contribution is 0.394. The van der Waals surface area contributed by atoms with Gasteiger partial charge in [0.25, 0.3) is 0 Å². The maximum atomic E-state index is 8.65. The molecule has 2 aromatic carbocycles. The number of ether oxygens (including phenoxy) is 2. The Labute approximate surface area is 106 Å². The van der Waals surface area contributed by atoms with Crippen LogP contribution in [0.2, 0.25) is 0 Å². The van der Waals surface area contributed by atoms with E-state index in [0.29, 0.717) is 0 Å². The fourth-order valence-electron chi connectivity index (χ4n) is 1.22. The Balaban J connectivity index is 0.000000184. The Hall–Kier alpha value is -2.36. The molecule has 4 nitrogen and oxygen atoms in total. The second kappa shape index (κ2) is 7.06. The van der Waals surface area contributed by atoms with Crippen LogP contribution in [0, 0.1) is 0 Å². The monoisotopic (exact) mass is 248 g/mol. The van der Waals surface area contributed by atoms with Crippen molar-refractivity contribution in [3.05, 3.63) is 48.5 Å². The van der Waals surface area contributed by atoms with Crippen molar-refractivity contribution in [2.75, 3.05) is 14.2 Å². The van der Waals surface area contributed by atoms with Gasteiger partial charge in [-0.15, -0.1) is 0 Å². The molecule has 2 N–H and O–H groups in total. The normalized spacial score (nSPS) is 9.00. The number of rotatable bonds is 2. The van der Waals surface area contributed by atoms with Crippen LogP contribution in [0.5, 0.6) is 23.0 Å². The van der Waals surface area contributed by atoms with Gasteiger partial charge in [0, 0.05) is 12.1 Å². The van der Waals surface area contributed by atoms with E-state index in [1.54, 1.807) is 20.3 Å². The van der Waals surface area contributed by atoms with Crippen LogP contribution in [0.1, 0.15) is 0 Å². The summed E-state index contributed by atoms with van der Waals surface area (Å²) in [5.74, 6) is 1.81. The van der Waals surface area contributed by atoms with Crippen molar-refractivity contribution in [1.29, 1.82) is 0 Å². The second-order valence-electron chi connectivity index (χ2n) is 3.40. The van der Waals surface area contributed by atoms with E-state index in [2.05, 4.69) is 0 Å². The fraction of sp³-hybridized carbons (Fsp3) is 0.143. The molecule has 0 bridgehead atoms. The molecule has 0 aliphatic heterocycles. The van der Waals surface area contributed by atoms with Crippen molar-refractivity contribution < 1.29 is 19.7 Å².